The average Bonchev–Trinajstić information content (AvgIpc) is 2.91. The predicted molar refractivity (Wildman–Crippen MR) is 52.4 cm³/mol. The number of hydrogen-bond donors (Lipinski definition) is 1. The summed E-state index contributed by atoms with van der Waals surface area (Å²) in [5.41, 5.74) is 5.45. The molecule has 5 nitrogen and oxygen atoms in total. The highest BCUT2D eigenvalue weighted by molar-refractivity contribution is 5.76. The van der Waals surface area contributed by atoms with E-state index in [0.717, 1.165) is 12.8 Å². The molecule has 1 fully saturated rings. The number of anilines is 1. The maximum Gasteiger partial charge on any atom is 0.244 e. The fourth-order valence-electron chi connectivity index (χ4n) is 1.38. The summed E-state index contributed by atoms with van der Waals surface area (Å²) in [6, 6.07) is 2.14. The number of nitrogens with two attached hydrogens (primary N) is 1. The van der Waals surface area contributed by atoms with Crippen molar-refractivity contribution in [2.75, 3.05) is 12.8 Å². The van der Waals surface area contributed by atoms with E-state index in [2.05, 4.69) is 5.10 Å². The first-order valence-corrected chi connectivity index (χ1v) is 4.71. The van der Waals surface area contributed by atoms with Crippen LogP contribution in [0.2, 0.25) is 0 Å². The van der Waals surface area contributed by atoms with Gasteiger partial charge in [-0.25, -0.2) is 0 Å². The Morgan fingerprint density at radius 1 is 1.79 bits per heavy atom. The molecular weight excluding hydrogens is 180 g/mol. The van der Waals surface area contributed by atoms with Crippen LogP contribution in [0, 0.1) is 0 Å². The molecule has 2 rings (SSSR count). The van der Waals surface area contributed by atoms with Crippen molar-refractivity contribution >= 4 is 11.7 Å². The van der Waals surface area contributed by atoms with Crippen molar-refractivity contribution < 1.29 is 4.79 Å². The zero-order valence-corrected chi connectivity index (χ0v) is 8.18. The van der Waals surface area contributed by atoms with Gasteiger partial charge in [-0.2, -0.15) is 5.10 Å². The van der Waals surface area contributed by atoms with Crippen LogP contribution in [0.5, 0.6) is 0 Å². The van der Waals surface area contributed by atoms with E-state index in [4.69, 9.17) is 5.73 Å². The second kappa shape index (κ2) is 3.32. The maximum atomic E-state index is 11.6. The average molecular weight is 194 g/mol. The number of amides is 1. The first kappa shape index (κ1) is 9.05. The van der Waals surface area contributed by atoms with Crippen molar-refractivity contribution in [3.63, 3.8) is 0 Å². The number of aromatic nitrogens is 2. The van der Waals surface area contributed by atoms with Crippen LogP contribution >= 0.6 is 0 Å². The van der Waals surface area contributed by atoms with Crippen LogP contribution in [-0.2, 0) is 11.3 Å². The summed E-state index contributed by atoms with van der Waals surface area (Å²) in [6.07, 6.45) is 3.97. The van der Waals surface area contributed by atoms with Crippen LogP contribution in [0.3, 0.4) is 0 Å². The smallest absolute Gasteiger partial charge is 0.244 e. The lowest BCUT2D eigenvalue weighted by molar-refractivity contribution is -0.131. The standard InChI is InChI=1S/C9H14N4O/c1-12(7-2-3-7)9(14)6-13-5-4-8(10)11-13/h4-5,7H,2-3,6H2,1H3,(H2,10,11). The molecule has 0 saturated heterocycles. The molecule has 1 aliphatic rings. The fourth-order valence-corrected chi connectivity index (χ4v) is 1.38. The van der Waals surface area contributed by atoms with Crippen LogP contribution in [-0.4, -0.2) is 33.7 Å². The van der Waals surface area contributed by atoms with E-state index in [9.17, 15) is 4.79 Å². The molecule has 0 bridgehead atoms. The van der Waals surface area contributed by atoms with E-state index < -0.39 is 0 Å². The van der Waals surface area contributed by atoms with E-state index >= 15 is 0 Å². The highest BCUT2D eigenvalue weighted by Gasteiger charge is 2.29. The molecule has 1 heterocycles. The quantitative estimate of drug-likeness (QED) is 0.741. The first-order chi connectivity index (χ1) is 6.66. The topological polar surface area (TPSA) is 64.2 Å². The normalized spacial score (nSPS) is 15.5. The number of carbonyl (C=O) groups is 1. The van der Waals surface area contributed by atoms with Gasteiger partial charge in [-0.1, -0.05) is 0 Å². The van der Waals surface area contributed by atoms with Gasteiger partial charge in [0.2, 0.25) is 5.91 Å². The molecule has 0 radical (unpaired) electrons. The van der Waals surface area contributed by atoms with Crippen LogP contribution in [0.4, 0.5) is 5.82 Å². The molecule has 0 aliphatic heterocycles. The van der Waals surface area contributed by atoms with Gasteiger partial charge in [0.25, 0.3) is 0 Å². The zero-order chi connectivity index (χ0) is 10.1. The Morgan fingerprint density at radius 2 is 2.50 bits per heavy atom. The van der Waals surface area contributed by atoms with Crippen molar-refractivity contribution in [3.05, 3.63) is 12.3 Å². The van der Waals surface area contributed by atoms with Crippen LogP contribution in [0.25, 0.3) is 0 Å². The van der Waals surface area contributed by atoms with Crippen molar-refractivity contribution in [1.29, 1.82) is 0 Å². The summed E-state index contributed by atoms with van der Waals surface area (Å²) in [5, 5.41) is 3.96. The van der Waals surface area contributed by atoms with E-state index in [-0.39, 0.29) is 12.5 Å². The SMILES string of the molecule is CN(C(=O)Cn1ccc(N)n1)C1CC1. The lowest BCUT2D eigenvalue weighted by Crippen LogP contribution is -2.32. The van der Waals surface area contributed by atoms with Crippen molar-refractivity contribution in [2.24, 2.45) is 0 Å². The summed E-state index contributed by atoms with van der Waals surface area (Å²) in [6.45, 7) is 0.282. The van der Waals surface area contributed by atoms with Gasteiger partial charge in [-0.15, -0.1) is 0 Å². The van der Waals surface area contributed by atoms with Gasteiger partial charge >= 0.3 is 0 Å². The molecule has 1 saturated carbocycles. The number of likely N-dealkylation sites (N-methyl/N-ethyl adjacent to an activating group) is 1. The van der Waals surface area contributed by atoms with Gasteiger partial charge in [0.15, 0.2) is 0 Å². The second-order valence-electron chi connectivity index (χ2n) is 3.67. The number of rotatable bonds is 3. The van der Waals surface area contributed by atoms with Crippen molar-refractivity contribution in [2.45, 2.75) is 25.4 Å². The molecule has 0 spiro atoms. The number of carbonyl (C=O) groups excluding carboxylic acids is 1. The number of nitrogen functional groups attached to an aromatic ring is 1. The van der Waals surface area contributed by atoms with Gasteiger partial charge in [0.1, 0.15) is 12.4 Å². The Kier molecular flexibility index (Phi) is 2.15. The van der Waals surface area contributed by atoms with Crippen LogP contribution in [0.1, 0.15) is 12.8 Å². The van der Waals surface area contributed by atoms with E-state index in [1.54, 1.807) is 21.8 Å². The summed E-state index contributed by atoms with van der Waals surface area (Å²) in [5.74, 6) is 0.544. The van der Waals surface area contributed by atoms with Gasteiger partial charge < -0.3 is 10.6 Å². The molecular formula is C9H14N4O. The number of nitrogens with zero attached hydrogens (tertiary/aromatic N) is 3. The molecule has 1 aliphatic carbocycles. The molecule has 1 amide bonds. The summed E-state index contributed by atoms with van der Waals surface area (Å²) < 4.78 is 1.57. The third-order valence-electron chi connectivity index (χ3n) is 2.45. The monoisotopic (exact) mass is 194 g/mol. The first-order valence-electron chi connectivity index (χ1n) is 4.71. The van der Waals surface area contributed by atoms with E-state index in [0.29, 0.717) is 11.9 Å². The maximum absolute atomic E-state index is 11.6. The molecule has 0 aromatic carbocycles. The minimum Gasteiger partial charge on any atom is -0.382 e. The zero-order valence-electron chi connectivity index (χ0n) is 8.18. The molecule has 0 unspecified atom stereocenters. The van der Waals surface area contributed by atoms with Gasteiger partial charge in [-0.05, 0) is 18.9 Å². The molecule has 1 aromatic heterocycles. The van der Waals surface area contributed by atoms with Crippen molar-refractivity contribution in [3.8, 4) is 0 Å². The van der Waals surface area contributed by atoms with Gasteiger partial charge in [-0.3, -0.25) is 9.48 Å². The summed E-state index contributed by atoms with van der Waals surface area (Å²) >= 11 is 0. The summed E-state index contributed by atoms with van der Waals surface area (Å²) in [4.78, 5) is 13.4. The highest BCUT2D eigenvalue weighted by atomic mass is 16.2. The molecule has 5 heteroatoms. The Hall–Kier alpha value is -1.52. The van der Waals surface area contributed by atoms with Gasteiger partial charge in [0, 0.05) is 19.3 Å². The van der Waals surface area contributed by atoms with Gasteiger partial charge in [0.05, 0.1) is 0 Å². The Balaban J connectivity index is 1.93. The Morgan fingerprint density at radius 3 is 3.00 bits per heavy atom. The minimum absolute atomic E-state index is 0.0931. The van der Waals surface area contributed by atoms with Crippen molar-refractivity contribution in [1.82, 2.24) is 14.7 Å². The second-order valence-corrected chi connectivity index (χ2v) is 3.67. The fraction of sp³-hybridized carbons (Fsp3) is 0.556. The molecule has 76 valence electrons. The number of hydrogen-bond acceptors (Lipinski definition) is 3. The lowest BCUT2D eigenvalue weighted by Gasteiger charge is -2.15. The molecule has 14 heavy (non-hydrogen) atoms. The minimum atomic E-state index is 0.0931. The predicted octanol–water partition coefficient (Wildman–Crippen LogP) is 0.0861. The Labute approximate surface area is 82.5 Å². The third kappa shape index (κ3) is 1.86. The van der Waals surface area contributed by atoms with E-state index in [1.165, 1.54) is 0 Å². The summed E-state index contributed by atoms with van der Waals surface area (Å²) in [7, 11) is 1.84. The van der Waals surface area contributed by atoms with E-state index in [1.807, 2.05) is 7.05 Å². The van der Waals surface area contributed by atoms with Crippen LogP contribution < -0.4 is 5.73 Å². The molecule has 1 aromatic rings. The van der Waals surface area contributed by atoms with Crippen LogP contribution in [0.15, 0.2) is 12.3 Å². The third-order valence-corrected chi connectivity index (χ3v) is 2.45. The largest absolute Gasteiger partial charge is 0.382 e. The molecule has 0 atom stereocenters. The lowest BCUT2D eigenvalue weighted by atomic mass is 10.5. The molecule has 2 N–H and O–H groups in total. The Bertz CT molecular complexity index is 342. The highest BCUT2D eigenvalue weighted by Crippen LogP contribution is 2.25.